The summed E-state index contributed by atoms with van der Waals surface area (Å²) in [7, 11) is 1.64. The Morgan fingerprint density at radius 2 is 2.39 bits per heavy atom. The van der Waals surface area contributed by atoms with Gasteiger partial charge >= 0.3 is 0 Å². The number of likely N-dealkylation sites (N-methyl/N-ethyl adjacent to an activating group) is 2. The zero-order valence-corrected chi connectivity index (χ0v) is 11.5. The molecule has 1 aromatic heterocycles. The molecule has 0 saturated heterocycles. The monoisotopic (exact) mass is 266 g/mol. The molecular formula is C13H18N2O2S. The molecule has 0 aromatic carbocycles. The average molecular weight is 266 g/mol. The second kappa shape index (κ2) is 7.88. The highest BCUT2D eigenvalue weighted by Gasteiger charge is 2.09. The fraction of sp³-hybridized carbons (Fsp3) is 0.462. The summed E-state index contributed by atoms with van der Waals surface area (Å²) in [4.78, 5) is 14.6. The molecule has 1 aromatic rings. The highest BCUT2D eigenvalue weighted by molar-refractivity contribution is 7.10. The predicted octanol–water partition coefficient (Wildman–Crippen LogP) is 0.660. The van der Waals surface area contributed by atoms with Gasteiger partial charge in [-0.3, -0.25) is 9.69 Å². The van der Waals surface area contributed by atoms with Crippen molar-refractivity contribution in [3.05, 3.63) is 21.9 Å². The maximum Gasteiger partial charge on any atom is 0.233 e. The van der Waals surface area contributed by atoms with Gasteiger partial charge in [0, 0.05) is 29.4 Å². The van der Waals surface area contributed by atoms with E-state index in [1.54, 1.807) is 18.4 Å². The van der Waals surface area contributed by atoms with E-state index in [9.17, 15) is 4.79 Å². The number of nitrogens with zero attached hydrogens (tertiary/aromatic N) is 1. The first-order valence-electron chi connectivity index (χ1n) is 5.79. The van der Waals surface area contributed by atoms with Crippen molar-refractivity contribution >= 4 is 17.2 Å². The summed E-state index contributed by atoms with van der Waals surface area (Å²) in [6, 6.07) is 2.00. The van der Waals surface area contributed by atoms with Crippen LogP contribution in [0.15, 0.2) is 11.4 Å². The number of aliphatic hydroxyl groups is 1. The highest BCUT2D eigenvalue weighted by Crippen LogP contribution is 2.16. The Morgan fingerprint density at radius 1 is 1.61 bits per heavy atom. The first-order chi connectivity index (χ1) is 8.69. The fourth-order valence-electron chi connectivity index (χ4n) is 1.45. The zero-order valence-electron chi connectivity index (χ0n) is 10.7. The van der Waals surface area contributed by atoms with Gasteiger partial charge in [0.05, 0.1) is 6.54 Å². The van der Waals surface area contributed by atoms with Crippen molar-refractivity contribution in [3.8, 4) is 11.8 Å². The van der Waals surface area contributed by atoms with Crippen LogP contribution in [0.1, 0.15) is 17.4 Å². The molecule has 0 saturated carbocycles. The van der Waals surface area contributed by atoms with Crippen LogP contribution in [0.4, 0.5) is 0 Å². The fourth-order valence-corrected chi connectivity index (χ4v) is 2.31. The first-order valence-corrected chi connectivity index (χ1v) is 6.67. The average Bonchev–Trinajstić information content (AvgIpc) is 2.82. The van der Waals surface area contributed by atoms with Gasteiger partial charge in [0.15, 0.2) is 0 Å². The molecule has 0 spiro atoms. The molecule has 0 aliphatic rings. The summed E-state index contributed by atoms with van der Waals surface area (Å²) in [5.41, 5.74) is 0.917. The van der Waals surface area contributed by atoms with Crippen molar-refractivity contribution < 1.29 is 9.90 Å². The van der Waals surface area contributed by atoms with Crippen LogP contribution < -0.4 is 5.32 Å². The van der Waals surface area contributed by atoms with E-state index in [1.165, 1.54) is 4.88 Å². The zero-order chi connectivity index (χ0) is 13.4. The van der Waals surface area contributed by atoms with E-state index in [4.69, 9.17) is 5.11 Å². The third-order valence-electron chi connectivity index (χ3n) is 2.44. The summed E-state index contributed by atoms with van der Waals surface area (Å²) in [5, 5.41) is 13.2. The SMILES string of the molecule is CCN(CC(=O)NC)Cc1cc(C#CCO)cs1. The normalized spacial score (nSPS) is 10.0. The van der Waals surface area contributed by atoms with E-state index in [-0.39, 0.29) is 12.5 Å². The van der Waals surface area contributed by atoms with Gasteiger partial charge < -0.3 is 10.4 Å². The Hall–Kier alpha value is -1.35. The van der Waals surface area contributed by atoms with Gasteiger partial charge in [-0.2, -0.15) is 0 Å². The van der Waals surface area contributed by atoms with E-state index in [0.717, 1.165) is 18.7 Å². The molecule has 1 rings (SSSR count). The summed E-state index contributed by atoms with van der Waals surface area (Å²) in [6.07, 6.45) is 0. The quantitative estimate of drug-likeness (QED) is 0.770. The largest absolute Gasteiger partial charge is 0.384 e. The van der Waals surface area contributed by atoms with Crippen molar-refractivity contribution in [2.45, 2.75) is 13.5 Å². The number of carbonyl (C=O) groups is 1. The molecule has 0 unspecified atom stereocenters. The van der Waals surface area contributed by atoms with E-state index in [2.05, 4.69) is 22.1 Å². The van der Waals surface area contributed by atoms with Gasteiger partial charge in [0.2, 0.25) is 5.91 Å². The van der Waals surface area contributed by atoms with E-state index in [0.29, 0.717) is 6.54 Å². The van der Waals surface area contributed by atoms with Crippen LogP contribution in [0, 0.1) is 11.8 Å². The Bertz CT molecular complexity index is 445. The van der Waals surface area contributed by atoms with Crippen LogP contribution >= 0.6 is 11.3 Å². The molecule has 1 amide bonds. The predicted molar refractivity (Wildman–Crippen MR) is 73.3 cm³/mol. The van der Waals surface area contributed by atoms with Gasteiger partial charge in [-0.25, -0.2) is 0 Å². The summed E-state index contributed by atoms with van der Waals surface area (Å²) < 4.78 is 0. The molecule has 0 radical (unpaired) electrons. The molecular weight excluding hydrogens is 248 g/mol. The lowest BCUT2D eigenvalue weighted by atomic mass is 10.3. The number of amides is 1. The lowest BCUT2D eigenvalue weighted by Gasteiger charge is -2.18. The number of hydrogen-bond acceptors (Lipinski definition) is 4. The lowest BCUT2D eigenvalue weighted by Crippen LogP contribution is -2.34. The Labute approximate surface area is 112 Å². The molecule has 0 bridgehead atoms. The smallest absolute Gasteiger partial charge is 0.233 e. The molecule has 4 nitrogen and oxygen atoms in total. The lowest BCUT2D eigenvalue weighted by molar-refractivity contribution is -0.121. The minimum atomic E-state index is -0.122. The molecule has 2 N–H and O–H groups in total. The summed E-state index contributed by atoms with van der Waals surface area (Å²) in [6.45, 7) is 3.88. The van der Waals surface area contributed by atoms with E-state index < -0.39 is 0 Å². The number of rotatable bonds is 5. The maximum absolute atomic E-state index is 11.3. The molecule has 1 heterocycles. The van der Waals surface area contributed by atoms with Gasteiger partial charge in [-0.05, 0) is 12.6 Å². The van der Waals surface area contributed by atoms with Crippen LogP contribution in [0.25, 0.3) is 0 Å². The van der Waals surface area contributed by atoms with Gasteiger partial charge in [-0.15, -0.1) is 11.3 Å². The van der Waals surface area contributed by atoms with Crippen molar-refractivity contribution in [1.82, 2.24) is 10.2 Å². The number of aliphatic hydroxyl groups excluding tert-OH is 1. The second-order valence-corrected chi connectivity index (χ2v) is 4.73. The standard InChI is InChI=1S/C13H18N2O2S/c1-3-15(9-13(17)14-2)8-12-7-11(10-18-12)5-4-6-16/h7,10,16H,3,6,8-9H2,1-2H3,(H,14,17). The molecule has 5 heteroatoms. The third kappa shape index (κ3) is 4.88. The molecule has 98 valence electrons. The van der Waals surface area contributed by atoms with E-state index >= 15 is 0 Å². The maximum atomic E-state index is 11.3. The molecule has 0 aliphatic heterocycles. The Balaban J connectivity index is 2.59. The Morgan fingerprint density at radius 3 is 3.00 bits per heavy atom. The first kappa shape index (κ1) is 14.7. The topological polar surface area (TPSA) is 52.6 Å². The van der Waals surface area contributed by atoms with Crippen LogP contribution in [0.2, 0.25) is 0 Å². The van der Waals surface area contributed by atoms with Crippen LogP contribution in [-0.2, 0) is 11.3 Å². The van der Waals surface area contributed by atoms with Crippen LogP contribution in [-0.4, -0.2) is 42.7 Å². The van der Waals surface area contributed by atoms with Gasteiger partial charge in [0.25, 0.3) is 0 Å². The van der Waals surface area contributed by atoms with Crippen LogP contribution in [0.5, 0.6) is 0 Å². The minimum absolute atomic E-state index is 0.0219. The van der Waals surface area contributed by atoms with Gasteiger partial charge in [-0.1, -0.05) is 18.8 Å². The van der Waals surface area contributed by atoms with Crippen molar-refractivity contribution in [1.29, 1.82) is 0 Å². The minimum Gasteiger partial charge on any atom is -0.384 e. The molecule has 18 heavy (non-hydrogen) atoms. The number of hydrogen-bond donors (Lipinski definition) is 2. The Kier molecular flexibility index (Phi) is 6.44. The molecule has 0 atom stereocenters. The molecule has 0 fully saturated rings. The van der Waals surface area contributed by atoms with Gasteiger partial charge in [0.1, 0.15) is 6.61 Å². The van der Waals surface area contributed by atoms with Crippen molar-refractivity contribution in [2.75, 3.05) is 26.7 Å². The number of thiophene rings is 1. The third-order valence-corrected chi connectivity index (χ3v) is 3.36. The highest BCUT2D eigenvalue weighted by atomic mass is 32.1. The van der Waals surface area contributed by atoms with Crippen LogP contribution in [0.3, 0.4) is 0 Å². The second-order valence-electron chi connectivity index (χ2n) is 3.74. The number of carbonyl (C=O) groups excluding carboxylic acids is 1. The van der Waals surface area contributed by atoms with E-state index in [1.807, 2.05) is 18.4 Å². The summed E-state index contributed by atoms with van der Waals surface area (Å²) >= 11 is 1.62. The summed E-state index contributed by atoms with van der Waals surface area (Å²) in [5.74, 6) is 5.51. The molecule has 0 aliphatic carbocycles. The number of nitrogens with one attached hydrogen (secondary N) is 1. The van der Waals surface area contributed by atoms with Crippen molar-refractivity contribution in [3.63, 3.8) is 0 Å². The van der Waals surface area contributed by atoms with Crippen molar-refractivity contribution in [2.24, 2.45) is 0 Å².